The predicted octanol–water partition coefficient (Wildman–Crippen LogP) is 3.26. The third kappa shape index (κ3) is 5.92. The van der Waals surface area contributed by atoms with Crippen LogP contribution in [0.15, 0.2) is 39.7 Å². The van der Waals surface area contributed by atoms with Crippen LogP contribution in [-0.2, 0) is 6.42 Å². The van der Waals surface area contributed by atoms with E-state index in [1.54, 1.807) is 0 Å². The van der Waals surface area contributed by atoms with Crippen LogP contribution in [0.5, 0.6) is 0 Å². The second-order valence-electron chi connectivity index (χ2n) is 6.87. The van der Waals surface area contributed by atoms with E-state index in [9.17, 15) is 8.78 Å². The number of hydrogen-bond acceptors (Lipinski definition) is 3. The Morgan fingerprint density at radius 2 is 2.07 bits per heavy atom. The van der Waals surface area contributed by atoms with Gasteiger partial charge in [-0.15, -0.1) is 0 Å². The van der Waals surface area contributed by atoms with E-state index in [1.165, 1.54) is 0 Å². The first-order valence-electron chi connectivity index (χ1n) is 9.67. The molecule has 2 N–H and O–H groups in total. The molecule has 7 heteroatoms. The van der Waals surface area contributed by atoms with E-state index in [1.807, 2.05) is 36.1 Å². The van der Waals surface area contributed by atoms with Crippen molar-refractivity contribution in [1.82, 2.24) is 15.5 Å². The molecule has 5 nitrogen and oxygen atoms in total. The second-order valence-corrected chi connectivity index (χ2v) is 6.87. The number of halogens is 2. The summed E-state index contributed by atoms with van der Waals surface area (Å²) < 4.78 is 30.8. The van der Waals surface area contributed by atoms with Crippen LogP contribution in [0.4, 0.5) is 8.78 Å². The minimum Gasteiger partial charge on any atom is -0.461 e. The van der Waals surface area contributed by atoms with Gasteiger partial charge in [0.1, 0.15) is 11.3 Å². The first-order chi connectivity index (χ1) is 13.1. The number of nitrogens with one attached hydrogen (secondary N) is 2. The van der Waals surface area contributed by atoms with Crippen LogP contribution >= 0.6 is 0 Å². The van der Waals surface area contributed by atoms with Gasteiger partial charge in [0.25, 0.3) is 6.43 Å². The quantitative estimate of drug-likeness (QED) is 0.574. The maximum absolute atomic E-state index is 12.5. The van der Waals surface area contributed by atoms with Crippen LogP contribution in [-0.4, -0.2) is 56.1 Å². The molecule has 1 aliphatic heterocycles. The van der Waals surface area contributed by atoms with Gasteiger partial charge in [0.05, 0.1) is 6.54 Å². The van der Waals surface area contributed by atoms with Crippen molar-refractivity contribution in [2.45, 2.75) is 38.7 Å². The molecular formula is C20H28F2N4O. The smallest absolute Gasteiger partial charge is 0.251 e. The first-order valence-corrected chi connectivity index (χ1v) is 9.67. The van der Waals surface area contributed by atoms with E-state index < -0.39 is 6.43 Å². The largest absolute Gasteiger partial charge is 0.461 e. The van der Waals surface area contributed by atoms with Gasteiger partial charge in [0.2, 0.25) is 0 Å². The Kier molecular flexibility index (Phi) is 7.04. The molecule has 3 rings (SSSR count). The molecule has 148 valence electrons. The molecule has 27 heavy (non-hydrogen) atoms. The van der Waals surface area contributed by atoms with Crippen molar-refractivity contribution in [2.24, 2.45) is 4.99 Å². The summed E-state index contributed by atoms with van der Waals surface area (Å²) in [6, 6.07) is 10.3. The molecule has 0 unspecified atom stereocenters. The number of rotatable bonds is 7. The SMILES string of the molecule is CCNC(=NCCc1cc2ccccc2o1)NC1CCN(CC(F)F)CC1. The van der Waals surface area contributed by atoms with Crippen molar-refractivity contribution in [1.29, 1.82) is 0 Å². The van der Waals surface area contributed by atoms with Crippen LogP contribution in [0, 0.1) is 0 Å². The Morgan fingerprint density at radius 3 is 2.78 bits per heavy atom. The molecule has 0 bridgehead atoms. The summed E-state index contributed by atoms with van der Waals surface area (Å²) in [5.41, 5.74) is 0.900. The Labute approximate surface area is 158 Å². The van der Waals surface area contributed by atoms with E-state index >= 15 is 0 Å². The summed E-state index contributed by atoms with van der Waals surface area (Å²) in [7, 11) is 0. The van der Waals surface area contributed by atoms with Gasteiger partial charge >= 0.3 is 0 Å². The Hall–Kier alpha value is -2.15. The summed E-state index contributed by atoms with van der Waals surface area (Å²) >= 11 is 0. The lowest BCUT2D eigenvalue weighted by Crippen LogP contribution is -2.49. The number of nitrogens with zero attached hydrogens (tertiary/aromatic N) is 2. The molecule has 1 fully saturated rings. The van der Waals surface area contributed by atoms with E-state index in [0.717, 1.165) is 48.5 Å². The molecule has 0 amide bonds. The van der Waals surface area contributed by atoms with E-state index in [0.29, 0.717) is 19.6 Å². The third-order valence-corrected chi connectivity index (χ3v) is 4.77. The molecule has 0 aliphatic carbocycles. The highest BCUT2D eigenvalue weighted by molar-refractivity contribution is 5.80. The number of piperidine rings is 1. The van der Waals surface area contributed by atoms with Crippen LogP contribution in [0.2, 0.25) is 0 Å². The fraction of sp³-hybridized carbons (Fsp3) is 0.550. The number of furan rings is 1. The molecule has 0 spiro atoms. The minimum atomic E-state index is -2.26. The molecular weight excluding hydrogens is 350 g/mol. The van der Waals surface area contributed by atoms with Crippen molar-refractivity contribution in [3.8, 4) is 0 Å². The zero-order valence-corrected chi connectivity index (χ0v) is 15.8. The predicted molar refractivity (Wildman–Crippen MR) is 104 cm³/mol. The number of guanidine groups is 1. The van der Waals surface area contributed by atoms with Crippen LogP contribution < -0.4 is 10.6 Å². The van der Waals surface area contributed by atoms with Crippen molar-refractivity contribution in [2.75, 3.05) is 32.7 Å². The van der Waals surface area contributed by atoms with Crippen molar-refractivity contribution in [3.63, 3.8) is 0 Å². The molecule has 1 aromatic heterocycles. The van der Waals surface area contributed by atoms with Crippen molar-refractivity contribution in [3.05, 3.63) is 36.1 Å². The number of aliphatic imine (C=N–C) groups is 1. The highest BCUT2D eigenvalue weighted by atomic mass is 19.3. The summed E-state index contributed by atoms with van der Waals surface area (Å²) in [6.45, 7) is 4.70. The molecule has 1 saturated heterocycles. The lowest BCUT2D eigenvalue weighted by Gasteiger charge is -2.32. The molecule has 2 aromatic rings. The summed E-state index contributed by atoms with van der Waals surface area (Å²) in [5.74, 6) is 1.71. The lowest BCUT2D eigenvalue weighted by molar-refractivity contribution is 0.0744. The summed E-state index contributed by atoms with van der Waals surface area (Å²) in [6.07, 6.45) is 0.172. The average molecular weight is 378 g/mol. The summed E-state index contributed by atoms with van der Waals surface area (Å²) in [4.78, 5) is 6.47. The Bertz CT molecular complexity index is 705. The highest BCUT2D eigenvalue weighted by Gasteiger charge is 2.21. The fourth-order valence-electron chi connectivity index (χ4n) is 3.41. The van der Waals surface area contributed by atoms with E-state index in [2.05, 4.69) is 21.7 Å². The van der Waals surface area contributed by atoms with Gasteiger partial charge in [-0.1, -0.05) is 18.2 Å². The van der Waals surface area contributed by atoms with Gasteiger partial charge in [-0.2, -0.15) is 0 Å². The van der Waals surface area contributed by atoms with E-state index in [4.69, 9.17) is 4.42 Å². The minimum absolute atomic E-state index is 0.127. The zero-order chi connectivity index (χ0) is 19.1. The molecule has 0 saturated carbocycles. The molecule has 1 aliphatic rings. The van der Waals surface area contributed by atoms with Gasteiger partial charge in [-0.25, -0.2) is 8.78 Å². The van der Waals surface area contributed by atoms with E-state index in [-0.39, 0.29) is 12.6 Å². The monoisotopic (exact) mass is 378 g/mol. The topological polar surface area (TPSA) is 52.8 Å². The fourth-order valence-corrected chi connectivity index (χ4v) is 3.41. The van der Waals surface area contributed by atoms with Gasteiger partial charge in [0, 0.05) is 44.0 Å². The lowest BCUT2D eigenvalue weighted by atomic mass is 10.1. The number of para-hydroxylation sites is 1. The van der Waals surface area contributed by atoms with Crippen molar-refractivity contribution >= 4 is 16.9 Å². The second kappa shape index (κ2) is 9.69. The van der Waals surface area contributed by atoms with Gasteiger partial charge in [0.15, 0.2) is 5.96 Å². The van der Waals surface area contributed by atoms with Crippen LogP contribution in [0.25, 0.3) is 11.0 Å². The van der Waals surface area contributed by atoms with Gasteiger partial charge in [-0.3, -0.25) is 9.89 Å². The maximum Gasteiger partial charge on any atom is 0.251 e. The highest BCUT2D eigenvalue weighted by Crippen LogP contribution is 2.19. The molecule has 0 atom stereocenters. The third-order valence-electron chi connectivity index (χ3n) is 4.77. The number of alkyl halides is 2. The number of benzene rings is 1. The molecule has 0 radical (unpaired) electrons. The van der Waals surface area contributed by atoms with Crippen LogP contribution in [0.3, 0.4) is 0 Å². The summed E-state index contributed by atoms with van der Waals surface area (Å²) in [5, 5.41) is 7.81. The van der Waals surface area contributed by atoms with Crippen molar-refractivity contribution < 1.29 is 13.2 Å². The molecule has 1 aromatic carbocycles. The zero-order valence-electron chi connectivity index (χ0n) is 15.8. The number of hydrogen-bond donors (Lipinski definition) is 2. The van der Waals surface area contributed by atoms with Crippen LogP contribution in [0.1, 0.15) is 25.5 Å². The standard InChI is InChI=1S/C20H28F2N4O/c1-2-23-20(25-16-8-11-26(12-9-16)14-19(21)22)24-10-7-17-13-15-5-3-4-6-18(15)27-17/h3-6,13,16,19H,2,7-12,14H2,1H3,(H2,23,24,25). The first kappa shape index (κ1) is 19.6. The Morgan fingerprint density at radius 1 is 1.30 bits per heavy atom. The average Bonchev–Trinajstić information content (AvgIpc) is 3.06. The number of fused-ring (bicyclic) bond motifs is 1. The number of likely N-dealkylation sites (tertiary alicyclic amines) is 1. The normalized spacial score (nSPS) is 17.0. The maximum atomic E-state index is 12.5. The van der Waals surface area contributed by atoms with Gasteiger partial charge < -0.3 is 15.1 Å². The van der Waals surface area contributed by atoms with Gasteiger partial charge in [-0.05, 0) is 31.9 Å². The molecule has 2 heterocycles. The Balaban J connectivity index is 1.49.